The molecule has 0 aliphatic carbocycles. The second kappa shape index (κ2) is 6.61. The first-order valence-corrected chi connectivity index (χ1v) is 6.53. The lowest BCUT2D eigenvalue weighted by atomic mass is 10.1. The van der Waals surface area contributed by atoms with E-state index in [-0.39, 0.29) is 18.9 Å². The highest BCUT2D eigenvalue weighted by Crippen LogP contribution is 2.28. The molecule has 0 aliphatic rings. The Hall–Kier alpha value is -2.35. The Morgan fingerprint density at radius 2 is 2.00 bits per heavy atom. The van der Waals surface area contributed by atoms with Gasteiger partial charge in [-0.2, -0.15) is 13.2 Å². The van der Waals surface area contributed by atoms with Crippen LogP contribution in [0.15, 0.2) is 36.8 Å². The molecule has 4 N–H and O–H groups in total. The van der Waals surface area contributed by atoms with E-state index in [1.165, 1.54) is 18.5 Å². The van der Waals surface area contributed by atoms with Crippen LogP contribution in [-0.2, 0) is 23.9 Å². The van der Waals surface area contributed by atoms with Crippen molar-refractivity contribution in [3.05, 3.63) is 53.6 Å². The van der Waals surface area contributed by atoms with Gasteiger partial charge in [-0.3, -0.25) is 4.79 Å². The molecular weight excluding hydrogens is 297 g/mol. The summed E-state index contributed by atoms with van der Waals surface area (Å²) in [5, 5.41) is 2.59. The molecule has 0 spiro atoms. The quantitative estimate of drug-likeness (QED) is 0.784. The number of nitrogens with two attached hydrogens (primary N) is 1. The minimum atomic E-state index is -4.37. The summed E-state index contributed by atoms with van der Waals surface area (Å²) in [6.45, 7) is 0.116. The van der Waals surface area contributed by atoms with Crippen LogP contribution in [0.2, 0.25) is 0 Å². The van der Waals surface area contributed by atoms with E-state index in [9.17, 15) is 18.0 Å². The summed E-state index contributed by atoms with van der Waals surface area (Å²) >= 11 is 0. The summed E-state index contributed by atoms with van der Waals surface area (Å²) in [6.07, 6.45) is -0.957. The monoisotopic (exact) mass is 312 g/mol. The van der Waals surface area contributed by atoms with Crippen molar-refractivity contribution in [2.45, 2.75) is 25.2 Å². The zero-order valence-electron chi connectivity index (χ0n) is 11.5. The number of hydrogen-bond donors (Lipinski definition) is 3. The largest absolute Gasteiger partial charge is 0.416 e. The van der Waals surface area contributed by atoms with Gasteiger partial charge in [-0.15, -0.1) is 0 Å². The smallest absolute Gasteiger partial charge is 0.351 e. The zero-order valence-corrected chi connectivity index (χ0v) is 11.5. The number of H-pyrrole nitrogens is 1. The summed E-state index contributed by atoms with van der Waals surface area (Å²) < 4.78 is 37.3. The Morgan fingerprint density at radius 1 is 1.32 bits per heavy atom. The van der Waals surface area contributed by atoms with Crippen molar-refractivity contribution in [2.75, 3.05) is 0 Å². The van der Waals surface area contributed by atoms with E-state index in [0.717, 1.165) is 12.1 Å². The highest BCUT2D eigenvalue weighted by molar-refractivity contribution is 5.81. The molecule has 2 rings (SSSR count). The third kappa shape index (κ3) is 4.32. The number of halogens is 3. The van der Waals surface area contributed by atoms with Crippen LogP contribution in [0.4, 0.5) is 13.2 Å². The number of carbonyl (C=O) groups excluding carboxylic acids is 1. The van der Waals surface area contributed by atoms with Gasteiger partial charge in [-0.25, -0.2) is 4.98 Å². The number of nitrogens with zero attached hydrogens (tertiary/aromatic N) is 1. The van der Waals surface area contributed by atoms with E-state index < -0.39 is 17.8 Å². The third-order valence-corrected chi connectivity index (χ3v) is 3.07. The number of alkyl halides is 3. The maximum Gasteiger partial charge on any atom is 0.416 e. The molecule has 5 nitrogen and oxygen atoms in total. The molecule has 0 bridgehead atoms. The highest BCUT2D eigenvalue weighted by Gasteiger charge is 2.29. The molecule has 2 aromatic rings. The molecule has 118 valence electrons. The average molecular weight is 312 g/mol. The lowest BCUT2D eigenvalue weighted by molar-refractivity contribution is -0.137. The topological polar surface area (TPSA) is 83.8 Å². The Morgan fingerprint density at radius 3 is 2.55 bits per heavy atom. The normalized spacial score (nSPS) is 12.9. The molecule has 0 unspecified atom stereocenters. The summed E-state index contributed by atoms with van der Waals surface area (Å²) in [5.74, 6) is -0.386. The third-order valence-electron chi connectivity index (χ3n) is 3.07. The number of nitrogens with one attached hydrogen (secondary N) is 2. The van der Waals surface area contributed by atoms with E-state index >= 15 is 0 Å². The van der Waals surface area contributed by atoms with E-state index in [4.69, 9.17) is 5.73 Å². The molecule has 0 fully saturated rings. The minimum absolute atomic E-state index is 0.116. The van der Waals surface area contributed by atoms with E-state index in [1.54, 1.807) is 6.20 Å². The summed E-state index contributed by atoms with van der Waals surface area (Å²) in [7, 11) is 0. The number of hydrogen-bond acceptors (Lipinski definition) is 3. The standard InChI is InChI=1S/C14H15F3N4O/c15-14(16,17)10-3-1-9(2-4-10)6-20-13(22)12(18)5-11-7-19-8-21-11/h1-4,7-8,12H,5-6,18H2,(H,19,21)(H,20,22)/t12-/m1/s1. The van der Waals surface area contributed by atoms with Crippen molar-refractivity contribution < 1.29 is 18.0 Å². The summed E-state index contributed by atoms with van der Waals surface area (Å²) in [6, 6.07) is 3.83. The van der Waals surface area contributed by atoms with Gasteiger partial charge in [-0.05, 0) is 17.7 Å². The van der Waals surface area contributed by atoms with E-state index in [0.29, 0.717) is 11.3 Å². The fourth-order valence-electron chi connectivity index (χ4n) is 1.85. The van der Waals surface area contributed by atoms with E-state index in [1.807, 2.05) is 0 Å². The number of aromatic amines is 1. The van der Waals surface area contributed by atoms with Gasteiger partial charge in [0, 0.05) is 19.2 Å². The van der Waals surface area contributed by atoms with Crippen molar-refractivity contribution in [3.8, 4) is 0 Å². The van der Waals surface area contributed by atoms with Gasteiger partial charge in [0.1, 0.15) is 0 Å². The van der Waals surface area contributed by atoms with Gasteiger partial charge in [0.2, 0.25) is 5.91 Å². The maximum atomic E-state index is 12.4. The fourth-order valence-corrected chi connectivity index (χ4v) is 1.85. The van der Waals surface area contributed by atoms with Crippen LogP contribution in [0.25, 0.3) is 0 Å². The number of aromatic nitrogens is 2. The number of amides is 1. The number of imidazole rings is 1. The van der Waals surface area contributed by atoms with Gasteiger partial charge in [-0.1, -0.05) is 12.1 Å². The Kier molecular flexibility index (Phi) is 4.81. The minimum Gasteiger partial charge on any atom is -0.351 e. The van der Waals surface area contributed by atoms with Crippen LogP contribution in [0.1, 0.15) is 16.8 Å². The van der Waals surface area contributed by atoms with Crippen LogP contribution in [-0.4, -0.2) is 21.9 Å². The lowest BCUT2D eigenvalue weighted by Gasteiger charge is -2.12. The zero-order chi connectivity index (χ0) is 16.2. The van der Waals surface area contributed by atoms with Crippen molar-refractivity contribution in [2.24, 2.45) is 5.73 Å². The average Bonchev–Trinajstić information content (AvgIpc) is 2.97. The molecule has 1 atom stereocenters. The molecule has 1 amide bonds. The van der Waals surface area contributed by atoms with Gasteiger partial charge in [0.25, 0.3) is 0 Å². The first-order valence-electron chi connectivity index (χ1n) is 6.53. The predicted molar refractivity (Wildman–Crippen MR) is 73.6 cm³/mol. The van der Waals surface area contributed by atoms with Crippen LogP contribution < -0.4 is 11.1 Å². The van der Waals surface area contributed by atoms with Gasteiger partial charge < -0.3 is 16.0 Å². The summed E-state index contributed by atoms with van der Waals surface area (Å²) in [4.78, 5) is 18.5. The number of benzene rings is 1. The first kappa shape index (κ1) is 16.0. The van der Waals surface area contributed by atoms with Crippen molar-refractivity contribution in [3.63, 3.8) is 0 Å². The van der Waals surface area contributed by atoms with Gasteiger partial charge >= 0.3 is 6.18 Å². The Bertz CT molecular complexity index is 608. The second-order valence-corrected chi connectivity index (χ2v) is 4.78. The van der Waals surface area contributed by atoms with E-state index in [2.05, 4.69) is 15.3 Å². The fraction of sp³-hybridized carbons (Fsp3) is 0.286. The molecule has 0 saturated heterocycles. The second-order valence-electron chi connectivity index (χ2n) is 4.78. The Labute approximate surface area is 124 Å². The van der Waals surface area contributed by atoms with Crippen LogP contribution in [0.3, 0.4) is 0 Å². The molecule has 8 heteroatoms. The molecule has 0 radical (unpaired) electrons. The van der Waals surface area contributed by atoms with Gasteiger partial charge in [0.15, 0.2) is 0 Å². The maximum absolute atomic E-state index is 12.4. The molecule has 22 heavy (non-hydrogen) atoms. The van der Waals surface area contributed by atoms with Crippen molar-refractivity contribution in [1.82, 2.24) is 15.3 Å². The molecule has 1 aromatic carbocycles. The molecule has 1 heterocycles. The number of rotatable bonds is 5. The molecule has 1 aromatic heterocycles. The lowest BCUT2D eigenvalue weighted by Crippen LogP contribution is -2.41. The van der Waals surface area contributed by atoms with Crippen LogP contribution in [0.5, 0.6) is 0 Å². The SMILES string of the molecule is N[C@H](Cc1c[nH]cn1)C(=O)NCc1ccc(C(F)(F)F)cc1. The van der Waals surface area contributed by atoms with Crippen molar-refractivity contribution >= 4 is 5.91 Å². The molecule has 0 saturated carbocycles. The summed E-state index contributed by atoms with van der Waals surface area (Å²) in [5.41, 5.74) is 6.24. The first-order chi connectivity index (χ1) is 10.4. The van der Waals surface area contributed by atoms with Crippen molar-refractivity contribution in [1.29, 1.82) is 0 Å². The number of carbonyl (C=O) groups is 1. The van der Waals surface area contributed by atoms with Gasteiger partial charge in [0.05, 0.1) is 23.6 Å². The molecule has 0 aliphatic heterocycles. The van der Waals surface area contributed by atoms with Crippen LogP contribution in [0, 0.1) is 0 Å². The highest BCUT2D eigenvalue weighted by atomic mass is 19.4. The molecular formula is C14H15F3N4O. The predicted octanol–water partition coefficient (Wildman–Crippen LogP) is 1.61. The Balaban J connectivity index is 1.85. The van der Waals surface area contributed by atoms with Crippen LogP contribution >= 0.6 is 0 Å².